The summed E-state index contributed by atoms with van der Waals surface area (Å²) in [6, 6.07) is 14.2. The summed E-state index contributed by atoms with van der Waals surface area (Å²) < 4.78 is 30.1. The third-order valence-corrected chi connectivity index (χ3v) is 7.65. The second-order valence-electron chi connectivity index (χ2n) is 7.05. The largest absolute Gasteiger partial charge is 0.476 e. The molecule has 2 heterocycles. The van der Waals surface area contributed by atoms with Crippen LogP contribution in [-0.4, -0.2) is 40.1 Å². The summed E-state index contributed by atoms with van der Waals surface area (Å²) in [7, 11) is -3.74. The van der Waals surface area contributed by atoms with E-state index in [0.717, 1.165) is 27.8 Å². The van der Waals surface area contributed by atoms with Crippen LogP contribution < -0.4 is 0 Å². The number of nitrogens with zero attached hydrogens (tertiary/aromatic N) is 3. The molecule has 0 aliphatic carbocycles. The molecule has 0 unspecified atom stereocenters. The Morgan fingerprint density at radius 3 is 2.40 bits per heavy atom. The predicted octanol–water partition coefficient (Wildman–Crippen LogP) is 3.64. The molecule has 0 fully saturated rings. The van der Waals surface area contributed by atoms with E-state index < -0.39 is 16.0 Å². The topological polar surface area (TPSA) is 92.5 Å². The molecule has 3 aromatic rings. The Kier molecular flexibility index (Phi) is 5.52. The van der Waals surface area contributed by atoms with Crippen molar-refractivity contribution in [1.29, 1.82) is 0 Å². The maximum atomic E-state index is 13.1. The minimum absolute atomic E-state index is 0.0225. The van der Waals surface area contributed by atoms with Gasteiger partial charge in [0.25, 0.3) is 0 Å². The Morgan fingerprint density at radius 2 is 1.80 bits per heavy atom. The van der Waals surface area contributed by atoms with E-state index in [9.17, 15) is 18.3 Å². The fourth-order valence-corrected chi connectivity index (χ4v) is 5.29. The van der Waals surface area contributed by atoms with E-state index in [-0.39, 0.29) is 23.7 Å². The molecule has 4 rings (SSSR count). The van der Waals surface area contributed by atoms with Gasteiger partial charge in [-0.1, -0.05) is 35.0 Å². The second-order valence-corrected chi connectivity index (χ2v) is 9.91. The molecule has 1 aliphatic rings. The molecule has 2 aromatic carbocycles. The number of hydrogen-bond donors (Lipinski definition) is 1. The van der Waals surface area contributed by atoms with Crippen LogP contribution in [0.2, 0.25) is 0 Å². The summed E-state index contributed by atoms with van der Waals surface area (Å²) in [5.74, 6) is -1.17. The molecule has 30 heavy (non-hydrogen) atoms. The molecule has 0 atom stereocenters. The Bertz CT molecular complexity index is 1200. The molecule has 9 heteroatoms. The van der Waals surface area contributed by atoms with Gasteiger partial charge >= 0.3 is 5.97 Å². The number of sulfonamides is 1. The van der Waals surface area contributed by atoms with Crippen LogP contribution in [-0.2, 0) is 29.4 Å². The number of halogens is 1. The second kappa shape index (κ2) is 7.98. The molecule has 0 saturated heterocycles. The average molecular weight is 490 g/mol. The van der Waals surface area contributed by atoms with E-state index in [1.165, 1.54) is 4.31 Å². The summed E-state index contributed by atoms with van der Waals surface area (Å²) in [6.45, 7) is 2.24. The highest BCUT2D eigenvalue weighted by atomic mass is 79.9. The molecular formula is C21H20BrN3O4S. The van der Waals surface area contributed by atoms with Crippen molar-refractivity contribution in [3.63, 3.8) is 0 Å². The van der Waals surface area contributed by atoms with Crippen molar-refractivity contribution in [2.45, 2.75) is 31.2 Å². The molecule has 1 N–H and O–H groups in total. The summed E-state index contributed by atoms with van der Waals surface area (Å²) in [6.07, 6.45) is 1.20. The first-order valence-corrected chi connectivity index (χ1v) is 11.7. The van der Waals surface area contributed by atoms with Gasteiger partial charge in [-0.05, 0) is 48.4 Å². The van der Waals surface area contributed by atoms with E-state index in [4.69, 9.17) is 0 Å². The molecule has 1 aliphatic heterocycles. The number of hydrogen-bond acceptors (Lipinski definition) is 4. The number of fused-ring (bicyclic) bond motifs is 1. The van der Waals surface area contributed by atoms with E-state index in [1.807, 2.05) is 31.2 Å². The standard InChI is InChI=1S/C21H20BrN3O4S/c1-2-14-3-9-17(10-4-14)30(28,29)24-12-11-19-18(13-24)20(21(26)27)23-25(19)16-7-5-15(22)6-8-16/h3-10H,2,11-13H2,1H3,(H,26,27). The van der Waals surface area contributed by atoms with Crippen molar-refractivity contribution in [2.75, 3.05) is 6.54 Å². The lowest BCUT2D eigenvalue weighted by Crippen LogP contribution is -2.36. The van der Waals surface area contributed by atoms with Crippen molar-refractivity contribution in [3.05, 3.63) is 75.5 Å². The lowest BCUT2D eigenvalue weighted by atomic mass is 10.1. The lowest BCUT2D eigenvalue weighted by molar-refractivity contribution is 0.0688. The maximum Gasteiger partial charge on any atom is 0.356 e. The quantitative estimate of drug-likeness (QED) is 0.590. The van der Waals surface area contributed by atoms with Crippen LogP contribution in [0.3, 0.4) is 0 Å². The minimum Gasteiger partial charge on any atom is -0.476 e. The van der Waals surface area contributed by atoms with Gasteiger partial charge in [0.2, 0.25) is 10.0 Å². The Hall–Kier alpha value is -2.49. The number of carboxylic acids is 1. The number of carboxylic acid groups (broad SMARTS) is 1. The van der Waals surface area contributed by atoms with Gasteiger partial charge in [0.15, 0.2) is 5.69 Å². The van der Waals surface area contributed by atoms with E-state index >= 15 is 0 Å². The van der Waals surface area contributed by atoms with Crippen LogP contribution in [0.5, 0.6) is 0 Å². The molecule has 0 spiro atoms. The van der Waals surface area contributed by atoms with E-state index in [0.29, 0.717) is 12.0 Å². The predicted molar refractivity (Wildman–Crippen MR) is 115 cm³/mol. The van der Waals surface area contributed by atoms with E-state index in [1.54, 1.807) is 28.9 Å². The molecule has 7 nitrogen and oxygen atoms in total. The number of aromatic carboxylic acids is 1. The zero-order valence-corrected chi connectivity index (χ0v) is 18.6. The molecule has 156 valence electrons. The molecule has 1 aromatic heterocycles. The molecule has 0 bridgehead atoms. The summed E-state index contributed by atoms with van der Waals surface area (Å²) in [4.78, 5) is 12.0. The monoisotopic (exact) mass is 489 g/mol. The van der Waals surface area contributed by atoms with E-state index in [2.05, 4.69) is 21.0 Å². The van der Waals surface area contributed by atoms with Gasteiger partial charge in [-0.15, -0.1) is 0 Å². The van der Waals surface area contributed by atoms with Crippen molar-refractivity contribution < 1.29 is 18.3 Å². The average Bonchev–Trinajstić information content (AvgIpc) is 3.13. The Morgan fingerprint density at radius 1 is 1.13 bits per heavy atom. The SMILES string of the molecule is CCc1ccc(S(=O)(=O)N2CCc3c(c(C(=O)O)nn3-c3ccc(Br)cc3)C2)cc1. The Labute approximate surface area is 183 Å². The molecule has 0 radical (unpaired) electrons. The van der Waals surface area contributed by atoms with Crippen LogP contribution >= 0.6 is 15.9 Å². The highest BCUT2D eigenvalue weighted by Crippen LogP contribution is 2.29. The summed E-state index contributed by atoms with van der Waals surface area (Å²) in [5.41, 5.74) is 2.83. The van der Waals surface area contributed by atoms with Gasteiger partial charge in [-0.25, -0.2) is 17.9 Å². The van der Waals surface area contributed by atoms with Crippen LogP contribution in [0.1, 0.15) is 34.2 Å². The number of rotatable bonds is 5. The summed E-state index contributed by atoms with van der Waals surface area (Å²) >= 11 is 3.39. The van der Waals surface area contributed by atoms with Crippen molar-refractivity contribution in [2.24, 2.45) is 0 Å². The van der Waals surface area contributed by atoms with Gasteiger partial charge in [0.05, 0.1) is 16.3 Å². The Balaban J connectivity index is 1.72. The number of benzene rings is 2. The van der Waals surface area contributed by atoms with Crippen LogP contribution in [0.25, 0.3) is 5.69 Å². The number of aromatic nitrogens is 2. The highest BCUT2D eigenvalue weighted by molar-refractivity contribution is 9.10. The van der Waals surface area contributed by atoms with Crippen LogP contribution in [0.15, 0.2) is 57.9 Å². The fraction of sp³-hybridized carbons (Fsp3) is 0.238. The first-order valence-electron chi connectivity index (χ1n) is 9.50. The molecule has 0 amide bonds. The van der Waals surface area contributed by atoms with Gasteiger partial charge in [0, 0.05) is 29.5 Å². The zero-order valence-electron chi connectivity index (χ0n) is 16.2. The third kappa shape index (κ3) is 3.68. The third-order valence-electron chi connectivity index (χ3n) is 5.27. The first kappa shape index (κ1) is 20.8. The summed E-state index contributed by atoms with van der Waals surface area (Å²) in [5, 5.41) is 13.9. The smallest absolute Gasteiger partial charge is 0.356 e. The number of aryl methyl sites for hydroxylation is 1. The number of carbonyl (C=O) groups is 1. The lowest BCUT2D eigenvalue weighted by Gasteiger charge is -2.27. The van der Waals surface area contributed by atoms with Crippen molar-refractivity contribution in [1.82, 2.24) is 14.1 Å². The van der Waals surface area contributed by atoms with Crippen molar-refractivity contribution in [3.8, 4) is 5.69 Å². The van der Waals surface area contributed by atoms with Crippen LogP contribution in [0.4, 0.5) is 0 Å². The van der Waals surface area contributed by atoms with Gasteiger partial charge in [-0.3, -0.25) is 0 Å². The zero-order chi connectivity index (χ0) is 21.5. The fourth-order valence-electron chi connectivity index (χ4n) is 3.61. The van der Waals surface area contributed by atoms with Gasteiger partial charge < -0.3 is 5.11 Å². The van der Waals surface area contributed by atoms with Crippen LogP contribution in [0, 0.1) is 0 Å². The highest BCUT2D eigenvalue weighted by Gasteiger charge is 2.34. The first-order chi connectivity index (χ1) is 14.3. The minimum atomic E-state index is -3.74. The van der Waals surface area contributed by atoms with Gasteiger partial charge in [-0.2, -0.15) is 9.40 Å². The normalized spacial score (nSPS) is 14.5. The van der Waals surface area contributed by atoms with Gasteiger partial charge in [0.1, 0.15) is 0 Å². The molecular weight excluding hydrogens is 470 g/mol. The maximum absolute atomic E-state index is 13.1. The molecule has 0 saturated carbocycles. The van der Waals surface area contributed by atoms with Crippen molar-refractivity contribution >= 4 is 31.9 Å².